The molecule has 0 fully saturated rings. The molecule has 178 valence electrons. The number of carbonyl (C=O) groups is 5. The summed E-state index contributed by atoms with van der Waals surface area (Å²) in [6.07, 6.45) is 2.74. The Bertz CT molecular complexity index is 779. The average molecular weight is 536 g/mol. The van der Waals surface area contributed by atoms with Crippen molar-refractivity contribution in [1.29, 1.82) is 0 Å². The number of hydrogen-bond acceptors (Lipinski definition) is 7. The molecule has 0 heterocycles. The van der Waals surface area contributed by atoms with E-state index in [1.165, 1.54) is 0 Å². The van der Waals surface area contributed by atoms with Crippen molar-refractivity contribution in [2.45, 2.75) is 25.5 Å². The van der Waals surface area contributed by atoms with Gasteiger partial charge in [-0.05, 0) is 22.9 Å². The van der Waals surface area contributed by atoms with Gasteiger partial charge in [-0.3, -0.25) is 4.79 Å². The minimum absolute atomic E-state index is 0. The number of rotatable bonds is 11. The molecule has 0 aromatic heterocycles. The van der Waals surface area contributed by atoms with Crippen LogP contribution in [0.3, 0.4) is 0 Å². The van der Waals surface area contributed by atoms with Crippen molar-refractivity contribution < 1.29 is 55.6 Å². The van der Waals surface area contributed by atoms with E-state index in [2.05, 4.69) is 15.5 Å². The van der Waals surface area contributed by atoms with Gasteiger partial charge in [-0.1, -0.05) is 30.3 Å². The van der Waals surface area contributed by atoms with E-state index in [-0.39, 0.29) is 53.1 Å². The fourth-order valence-corrected chi connectivity index (χ4v) is 2.99. The second-order valence-electron chi connectivity index (χ2n) is 6.56. The number of ketones is 1. The lowest BCUT2D eigenvalue weighted by Crippen LogP contribution is -3.00. The van der Waals surface area contributed by atoms with E-state index < -0.39 is 36.6 Å². The lowest BCUT2D eigenvalue weighted by atomic mass is 10.1. The van der Waals surface area contributed by atoms with Crippen LogP contribution in [-0.4, -0.2) is 65.8 Å². The van der Waals surface area contributed by atoms with Crippen LogP contribution in [0.25, 0.3) is 0 Å². The van der Waals surface area contributed by atoms with Gasteiger partial charge in [0, 0.05) is 6.42 Å². The van der Waals surface area contributed by atoms with Crippen molar-refractivity contribution in [3.8, 4) is 0 Å². The highest BCUT2D eigenvalue weighted by Gasteiger charge is 2.22. The van der Waals surface area contributed by atoms with Gasteiger partial charge in [-0.25, -0.2) is 19.2 Å². The SMILES string of the molecule is C[S+](C)CC(=O)CC[C@H](NC(=O)NCC(=O)ONC(=O)OCc1ccccc1)C(=O)O.[Br-]. The van der Waals surface area contributed by atoms with E-state index in [1.54, 1.807) is 35.8 Å². The fourth-order valence-electron chi connectivity index (χ4n) is 2.21. The quantitative estimate of drug-likeness (QED) is 0.176. The van der Waals surface area contributed by atoms with Crippen LogP contribution in [0.4, 0.5) is 9.59 Å². The van der Waals surface area contributed by atoms with Crippen LogP contribution in [0.5, 0.6) is 0 Å². The Morgan fingerprint density at radius 2 is 1.75 bits per heavy atom. The van der Waals surface area contributed by atoms with Gasteiger partial charge in [0.2, 0.25) is 0 Å². The summed E-state index contributed by atoms with van der Waals surface area (Å²) in [5.74, 6) is -2.05. The summed E-state index contributed by atoms with van der Waals surface area (Å²) in [6, 6.07) is 6.60. The highest BCUT2D eigenvalue weighted by molar-refractivity contribution is 7.96. The number of benzene rings is 1. The number of halogens is 1. The van der Waals surface area contributed by atoms with Crippen LogP contribution in [0, 0.1) is 0 Å². The van der Waals surface area contributed by atoms with Crippen molar-refractivity contribution in [3.63, 3.8) is 0 Å². The summed E-state index contributed by atoms with van der Waals surface area (Å²) in [6.45, 7) is -0.661. The first-order valence-corrected chi connectivity index (χ1v) is 11.4. The van der Waals surface area contributed by atoms with Crippen LogP contribution in [0.15, 0.2) is 30.3 Å². The summed E-state index contributed by atoms with van der Waals surface area (Å²) in [5, 5.41) is 13.4. The summed E-state index contributed by atoms with van der Waals surface area (Å²) in [7, 11) is -0.0940. The van der Waals surface area contributed by atoms with Crippen molar-refractivity contribution >= 4 is 40.7 Å². The first-order valence-electron chi connectivity index (χ1n) is 9.16. The van der Waals surface area contributed by atoms with Crippen LogP contribution in [-0.2, 0) is 41.5 Å². The second-order valence-corrected chi connectivity index (χ2v) is 8.82. The molecular formula is C19H26BrN3O8S. The van der Waals surface area contributed by atoms with E-state index in [0.717, 1.165) is 5.56 Å². The monoisotopic (exact) mass is 535 g/mol. The highest BCUT2D eigenvalue weighted by atomic mass is 79.9. The molecule has 0 aliphatic carbocycles. The van der Waals surface area contributed by atoms with Crippen LogP contribution >= 0.6 is 0 Å². The highest BCUT2D eigenvalue weighted by Crippen LogP contribution is 2.02. The molecule has 4 N–H and O–H groups in total. The molecule has 0 spiro atoms. The zero-order chi connectivity index (χ0) is 23.2. The number of urea groups is 1. The number of carboxylic acid groups (broad SMARTS) is 1. The molecule has 0 radical (unpaired) electrons. The van der Waals surface area contributed by atoms with Crippen molar-refractivity contribution in [1.82, 2.24) is 16.1 Å². The Balaban J connectivity index is 0.00000961. The maximum Gasteiger partial charge on any atom is 0.441 e. The lowest BCUT2D eigenvalue weighted by Gasteiger charge is -2.14. The Hall–Kier alpha value is -2.80. The molecule has 0 saturated heterocycles. The van der Waals surface area contributed by atoms with Crippen LogP contribution in [0.2, 0.25) is 0 Å². The molecule has 0 aliphatic heterocycles. The Morgan fingerprint density at radius 1 is 1.09 bits per heavy atom. The molecule has 0 unspecified atom stereocenters. The normalized spacial score (nSPS) is 10.8. The number of ether oxygens (including phenoxy) is 1. The molecule has 13 heteroatoms. The third-order valence-corrected chi connectivity index (χ3v) is 4.52. The summed E-state index contributed by atoms with van der Waals surface area (Å²) >= 11 is 0. The van der Waals surface area contributed by atoms with E-state index in [1.807, 2.05) is 12.5 Å². The van der Waals surface area contributed by atoms with Gasteiger partial charge in [-0.15, -0.1) is 5.48 Å². The minimum Gasteiger partial charge on any atom is -1.00 e. The topological polar surface area (TPSA) is 160 Å². The van der Waals surface area contributed by atoms with E-state index in [9.17, 15) is 24.0 Å². The number of amides is 3. The molecule has 1 atom stereocenters. The molecule has 32 heavy (non-hydrogen) atoms. The third kappa shape index (κ3) is 13.5. The third-order valence-electron chi connectivity index (χ3n) is 3.62. The molecular weight excluding hydrogens is 510 g/mol. The minimum atomic E-state index is -1.31. The molecule has 1 rings (SSSR count). The number of Topliss-reactive ketones (excluding diaryl/α,β-unsaturated/α-hetero) is 1. The fraction of sp³-hybridized carbons (Fsp3) is 0.421. The van der Waals surface area contributed by atoms with Gasteiger partial charge < -0.3 is 42.3 Å². The first kappa shape index (κ1) is 29.2. The van der Waals surface area contributed by atoms with Gasteiger partial charge in [0.25, 0.3) is 0 Å². The first-order chi connectivity index (χ1) is 14.7. The van der Waals surface area contributed by atoms with E-state index >= 15 is 0 Å². The zero-order valence-corrected chi connectivity index (χ0v) is 20.0. The van der Waals surface area contributed by atoms with E-state index in [0.29, 0.717) is 5.75 Å². The molecule has 1 aromatic rings. The zero-order valence-electron chi connectivity index (χ0n) is 17.6. The standard InChI is InChI=1S/C19H25N3O8S.BrH/c1-31(2)12-14(23)8-9-15(17(25)26)21-18(27)20-10-16(24)30-22-19(28)29-11-13-6-4-3-5-7-13;/h3-7,15H,8-12H2,1-2H3,(H3-,20,21,22,25,26,27,28);1H/t15-;/m0./s1. The Morgan fingerprint density at radius 3 is 2.34 bits per heavy atom. The number of aliphatic carboxylic acids is 1. The van der Waals surface area contributed by atoms with Crippen molar-refractivity contribution in [2.75, 3.05) is 24.8 Å². The van der Waals surface area contributed by atoms with Crippen LogP contribution in [0.1, 0.15) is 18.4 Å². The smallest absolute Gasteiger partial charge is 0.441 e. The number of carbonyl (C=O) groups excluding carboxylic acids is 4. The van der Waals surface area contributed by atoms with Gasteiger partial charge in [-0.2, -0.15) is 0 Å². The number of carboxylic acids is 1. The van der Waals surface area contributed by atoms with E-state index in [4.69, 9.17) is 9.84 Å². The number of hydrogen-bond donors (Lipinski definition) is 4. The summed E-state index contributed by atoms with van der Waals surface area (Å²) in [4.78, 5) is 62.2. The summed E-state index contributed by atoms with van der Waals surface area (Å²) in [5.41, 5.74) is 2.51. The van der Waals surface area contributed by atoms with Crippen molar-refractivity contribution in [3.05, 3.63) is 35.9 Å². The predicted molar refractivity (Wildman–Crippen MR) is 112 cm³/mol. The maximum atomic E-state index is 11.8. The van der Waals surface area contributed by atoms with Gasteiger partial charge >= 0.3 is 24.1 Å². The molecule has 1 aromatic carbocycles. The Labute approximate surface area is 198 Å². The molecule has 11 nitrogen and oxygen atoms in total. The van der Waals surface area contributed by atoms with Crippen LogP contribution < -0.4 is 33.1 Å². The number of hydroxylamine groups is 1. The largest absolute Gasteiger partial charge is 1.00 e. The average Bonchev–Trinajstić information content (AvgIpc) is 2.72. The Kier molecular flexibility index (Phi) is 14.5. The van der Waals surface area contributed by atoms with Gasteiger partial charge in [0.05, 0.1) is 12.5 Å². The summed E-state index contributed by atoms with van der Waals surface area (Å²) < 4.78 is 4.83. The van der Waals surface area contributed by atoms with Crippen molar-refractivity contribution in [2.24, 2.45) is 0 Å². The molecule has 0 aliphatic rings. The molecule has 0 saturated carbocycles. The second kappa shape index (κ2) is 15.9. The lowest BCUT2D eigenvalue weighted by molar-refractivity contribution is -0.148. The maximum absolute atomic E-state index is 11.8. The molecule has 0 bridgehead atoms. The number of nitrogens with one attached hydrogen (secondary N) is 3. The predicted octanol–water partition coefficient (Wildman–Crippen LogP) is -2.65. The molecule has 3 amide bonds. The van der Waals surface area contributed by atoms with Gasteiger partial charge in [0.1, 0.15) is 19.2 Å². The van der Waals surface area contributed by atoms with Gasteiger partial charge in [0.15, 0.2) is 11.5 Å².